The van der Waals surface area contributed by atoms with Crippen LogP contribution in [0.25, 0.3) is 0 Å². The molecule has 1 amide bonds. The van der Waals surface area contributed by atoms with E-state index in [9.17, 15) is 17.6 Å². The van der Waals surface area contributed by atoms with Crippen LogP contribution in [0.2, 0.25) is 0 Å². The number of nitrogens with one attached hydrogen (secondary N) is 4. The van der Waals surface area contributed by atoms with Gasteiger partial charge in [0.1, 0.15) is 5.82 Å². The Kier molecular flexibility index (Phi) is 5.91. The molecule has 0 saturated carbocycles. The molecule has 7 nitrogen and oxygen atoms in total. The maximum absolute atomic E-state index is 12.9. The third kappa shape index (κ3) is 4.63. The molecule has 128 valence electrons. The number of rotatable bonds is 7. The molecule has 0 aromatic heterocycles. The van der Waals surface area contributed by atoms with Gasteiger partial charge in [-0.1, -0.05) is 13.3 Å². The number of carbonyl (C=O) groups is 1. The van der Waals surface area contributed by atoms with Gasteiger partial charge in [0.05, 0.1) is 5.92 Å². The van der Waals surface area contributed by atoms with Gasteiger partial charge in [-0.3, -0.25) is 14.9 Å². The molecular formula is C14H21FN4O3S. The molecule has 2 atom stereocenters. The van der Waals surface area contributed by atoms with Crippen LogP contribution in [0.5, 0.6) is 0 Å². The number of halogens is 1. The third-order valence-corrected chi connectivity index (χ3v) is 5.17. The normalized spacial score (nSPS) is 21.1. The lowest BCUT2D eigenvalue weighted by Gasteiger charge is -2.19. The molecule has 1 aliphatic heterocycles. The summed E-state index contributed by atoms with van der Waals surface area (Å²) in [6, 6.07) is 4.97. The quantitative estimate of drug-likeness (QED) is 0.541. The molecule has 1 fully saturated rings. The minimum atomic E-state index is -3.86. The molecular weight excluding hydrogens is 323 g/mol. The molecule has 2 rings (SSSR count). The predicted octanol–water partition coefficient (Wildman–Crippen LogP) is 0.534. The summed E-state index contributed by atoms with van der Waals surface area (Å²) in [7, 11) is -3.86. The number of carbonyl (C=O) groups excluding carboxylic acids is 1. The molecule has 0 bridgehead atoms. The minimum Gasteiger partial charge on any atom is -0.356 e. The van der Waals surface area contributed by atoms with E-state index in [1.807, 2.05) is 6.92 Å². The summed E-state index contributed by atoms with van der Waals surface area (Å²) in [5.74, 6) is -1.52. The highest BCUT2D eigenvalue weighted by Crippen LogP contribution is 2.18. The van der Waals surface area contributed by atoms with Gasteiger partial charge in [0.25, 0.3) is 10.0 Å². The fraction of sp³-hybridized carbons (Fsp3) is 0.500. The summed E-state index contributed by atoms with van der Waals surface area (Å²) < 4.78 is 40.1. The largest absolute Gasteiger partial charge is 0.356 e. The number of hydrogen-bond acceptors (Lipinski definition) is 5. The van der Waals surface area contributed by atoms with Crippen LogP contribution in [0.3, 0.4) is 0 Å². The highest BCUT2D eigenvalue weighted by atomic mass is 32.2. The molecule has 0 radical (unpaired) electrons. The summed E-state index contributed by atoms with van der Waals surface area (Å²) in [5, 5.41) is 1.64. The van der Waals surface area contributed by atoms with Crippen LogP contribution in [0.4, 0.5) is 10.1 Å². The van der Waals surface area contributed by atoms with Crippen molar-refractivity contribution >= 4 is 21.6 Å². The lowest BCUT2D eigenvalue weighted by atomic mass is 10.1. The highest BCUT2D eigenvalue weighted by Gasteiger charge is 2.41. The maximum atomic E-state index is 12.9. The van der Waals surface area contributed by atoms with Crippen LogP contribution in [0.15, 0.2) is 24.3 Å². The Balaban J connectivity index is 2.05. The molecule has 0 spiro atoms. The Hall–Kier alpha value is -1.71. The first kappa shape index (κ1) is 17.6. The monoisotopic (exact) mass is 344 g/mol. The van der Waals surface area contributed by atoms with E-state index in [0.717, 1.165) is 25.0 Å². The van der Waals surface area contributed by atoms with E-state index in [1.54, 1.807) is 0 Å². The van der Waals surface area contributed by atoms with E-state index < -0.39 is 27.1 Å². The van der Waals surface area contributed by atoms with Crippen LogP contribution in [-0.4, -0.2) is 32.8 Å². The molecule has 1 heterocycles. The number of benzene rings is 1. The predicted molar refractivity (Wildman–Crippen MR) is 85.3 cm³/mol. The Bertz CT molecular complexity index is 636. The fourth-order valence-electron chi connectivity index (χ4n) is 2.27. The van der Waals surface area contributed by atoms with Gasteiger partial charge in [-0.25, -0.2) is 18.2 Å². The number of hydrogen-bond donors (Lipinski definition) is 4. The lowest BCUT2D eigenvalue weighted by Crippen LogP contribution is -2.46. The Morgan fingerprint density at radius 1 is 1.35 bits per heavy atom. The van der Waals surface area contributed by atoms with Crippen LogP contribution in [0, 0.1) is 11.7 Å². The standard InChI is InChI=1S/C14H21FN4O3S/c1-2-3-8-16-13(20)12-9-17-18-14(12)23(21,22)19-11-6-4-10(15)5-7-11/h4-7,12,14,17-19H,2-3,8-9H2,1H3,(H,16,20). The number of hydrazine groups is 1. The second-order valence-corrected chi connectivity index (χ2v) is 7.15. The summed E-state index contributed by atoms with van der Waals surface area (Å²) in [6.45, 7) is 2.74. The van der Waals surface area contributed by atoms with E-state index in [0.29, 0.717) is 6.54 Å². The first-order valence-electron chi connectivity index (χ1n) is 7.47. The van der Waals surface area contributed by atoms with Gasteiger partial charge < -0.3 is 5.32 Å². The van der Waals surface area contributed by atoms with Crippen LogP contribution in [0.1, 0.15) is 19.8 Å². The van der Waals surface area contributed by atoms with Gasteiger partial charge in [-0.05, 0) is 30.7 Å². The number of sulfonamides is 1. The van der Waals surface area contributed by atoms with Crippen LogP contribution >= 0.6 is 0 Å². The van der Waals surface area contributed by atoms with Crippen molar-refractivity contribution in [2.45, 2.75) is 25.1 Å². The van der Waals surface area contributed by atoms with Gasteiger partial charge in [0.2, 0.25) is 5.91 Å². The van der Waals surface area contributed by atoms with Crippen molar-refractivity contribution in [3.63, 3.8) is 0 Å². The fourth-order valence-corrected chi connectivity index (χ4v) is 3.75. The van der Waals surface area contributed by atoms with Crippen LogP contribution < -0.4 is 20.9 Å². The van der Waals surface area contributed by atoms with Crippen molar-refractivity contribution in [2.75, 3.05) is 17.8 Å². The van der Waals surface area contributed by atoms with E-state index >= 15 is 0 Å². The summed E-state index contributed by atoms with van der Waals surface area (Å²) in [4.78, 5) is 12.1. The summed E-state index contributed by atoms with van der Waals surface area (Å²) in [6.07, 6.45) is 1.78. The van der Waals surface area contributed by atoms with E-state index in [1.165, 1.54) is 12.1 Å². The van der Waals surface area contributed by atoms with Crippen molar-refractivity contribution in [1.29, 1.82) is 0 Å². The first-order valence-corrected chi connectivity index (χ1v) is 9.02. The second-order valence-electron chi connectivity index (χ2n) is 5.35. The lowest BCUT2D eigenvalue weighted by molar-refractivity contribution is -0.124. The Morgan fingerprint density at radius 2 is 2.04 bits per heavy atom. The minimum absolute atomic E-state index is 0.215. The highest BCUT2D eigenvalue weighted by molar-refractivity contribution is 7.93. The number of amides is 1. The van der Waals surface area contributed by atoms with Gasteiger partial charge in [-0.15, -0.1) is 0 Å². The molecule has 4 N–H and O–H groups in total. The smallest absolute Gasteiger partial charge is 0.250 e. The summed E-state index contributed by atoms with van der Waals surface area (Å²) in [5.41, 5.74) is 5.56. The van der Waals surface area contributed by atoms with Gasteiger partial charge in [0, 0.05) is 18.8 Å². The van der Waals surface area contributed by atoms with E-state index in [-0.39, 0.29) is 18.1 Å². The average molecular weight is 344 g/mol. The van der Waals surface area contributed by atoms with Crippen molar-refractivity contribution < 1.29 is 17.6 Å². The van der Waals surface area contributed by atoms with Crippen molar-refractivity contribution in [3.05, 3.63) is 30.1 Å². The van der Waals surface area contributed by atoms with E-state index in [2.05, 4.69) is 20.9 Å². The second kappa shape index (κ2) is 7.71. The van der Waals surface area contributed by atoms with E-state index in [4.69, 9.17) is 0 Å². The third-order valence-electron chi connectivity index (χ3n) is 3.54. The Labute approximate surface area is 135 Å². The molecule has 23 heavy (non-hydrogen) atoms. The van der Waals surface area contributed by atoms with Crippen LogP contribution in [-0.2, 0) is 14.8 Å². The molecule has 2 unspecified atom stereocenters. The van der Waals surface area contributed by atoms with Gasteiger partial charge >= 0.3 is 0 Å². The number of anilines is 1. The zero-order valence-electron chi connectivity index (χ0n) is 12.8. The van der Waals surface area contributed by atoms with Crippen molar-refractivity contribution in [1.82, 2.24) is 16.2 Å². The molecule has 1 aliphatic rings. The topological polar surface area (TPSA) is 99.3 Å². The molecule has 1 aromatic rings. The molecule has 1 saturated heterocycles. The molecule has 0 aliphatic carbocycles. The van der Waals surface area contributed by atoms with Crippen molar-refractivity contribution in [3.8, 4) is 0 Å². The maximum Gasteiger partial charge on any atom is 0.250 e. The molecule has 1 aromatic carbocycles. The SMILES string of the molecule is CCCCNC(=O)C1CNNC1S(=O)(=O)Nc1ccc(F)cc1. The summed E-state index contributed by atoms with van der Waals surface area (Å²) >= 11 is 0. The zero-order valence-corrected chi connectivity index (χ0v) is 13.6. The van der Waals surface area contributed by atoms with Gasteiger partial charge in [-0.2, -0.15) is 0 Å². The molecule has 9 heteroatoms. The first-order chi connectivity index (χ1) is 10.9. The average Bonchev–Trinajstić information content (AvgIpc) is 3.00. The number of unbranched alkanes of at least 4 members (excludes halogenated alkanes) is 1. The Morgan fingerprint density at radius 3 is 2.70 bits per heavy atom. The van der Waals surface area contributed by atoms with Gasteiger partial charge in [0.15, 0.2) is 5.37 Å². The van der Waals surface area contributed by atoms with Crippen molar-refractivity contribution in [2.24, 2.45) is 5.92 Å². The zero-order chi connectivity index (χ0) is 16.9.